The number of thiophene rings is 1. The summed E-state index contributed by atoms with van der Waals surface area (Å²) in [7, 11) is 4.96. The molecule has 0 amide bonds. The predicted molar refractivity (Wildman–Crippen MR) is 188 cm³/mol. The van der Waals surface area contributed by atoms with Gasteiger partial charge in [-0.1, -0.05) is 42.0 Å². The van der Waals surface area contributed by atoms with E-state index in [9.17, 15) is 10.7 Å². The lowest BCUT2D eigenvalue weighted by molar-refractivity contribution is 0.296. The number of aromatic nitrogens is 2. The average Bonchev–Trinajstić information content (AvgIpc) is 3.74. The maximum absolute atomic E-state index is 9.98. The molecule has 10 heteroatoms. The summed E-state index contributed by atoms with van der Waals surface area (Å²) in [6, 6.07) is 5.00. The van der Waals surface area contributed by atoms with Crippen molar-refractivity contribution >= 4 is 42.9 Å². The lowest BCUT2D eigenvalue weighted by atomic mass is 9.78. The number of nitrogens with two attached hydrogens (primary N) is 1. The Morgan fingerprint density at radius 2 is 2.09 bits per heavy atom. The Kier molecular flexibility index (Phi) is 12.4. The Hall–Kier alpha value is -2.76. The summed E-state index contributed by atoms with van der Waals surface area (Å²) >= 11 is 1.73. The van der Waals surface area contributed by atoms with Crippen molar-refractivity contribution in [2.75, 3.05) is 26.7 Å². The monoisotopic (exact) mass is 632 g/mol. The first kappa shape index (κ1) is 34.1. The van der Waals surface area contributed by atoms with Crippen LogP contribution >= 0.6 is 20.6 Å². The summed E-state index contributed by atoms with van der Waals surface area (Å²) in [5.41, 5.74) is 13.4. The van der Waals surface area contributed by atoms with Gasteiger partial charge in [-0.25, -0.2) is 15.0 Å². The number of fused-ring (bicyclic) bond motifs is 1. The van der Waals surface area contributed by atoms with Gasteiger partial charge in [-0.2, -0.15) is 5.26 Å². The van der Waals surface area contributed by atoms with Crippen molar-refractivity contribution < 1.29 is 0 Å². The Bertz CT molecular complexity index is 1480. The molecule has 8 nitrogen and oxygen atoms in total. The van der Waals surface area contributed by atoms with Gasteiger partial charge in [0.15, 0.2) is 11.6 Å². The van der Waals surface area contributed by atoms with Gasteiger partial charge in [0.2, 0.25) is 0 Å². The van der Waals surface area contributed by atoms with Crippen molar-refractivity contribution in [1.82, 2.24) is 20.2 Å². The van der Waals surface area contributed by atoms with Crippen LogP contribution in [0.15, 0.2) is 33.5 Å². The van der Waals surface area contributed by atoms with Crippen LogP contribution in [-0.4, -0.2) is 59.5 Å². The molecule has 3 aliphatic rings. The average molecular weight is 633 g/mol. The quantitative estimate of drug-likeness (QED) is 0.215. The molecule has 0 aromatic carbocycles. The van der Waals surface area contributed by atoms with E-state index in [-0.39, 0.29) is 5.92 Å². The molecule has 1 unspecified atom stereocenters. The van der Waals surface area contributed by atoms with Crippen molar-refractivity contribution in [1.29, 1.82) is 10.7 Å². The van der Waals surface area contributed by atoms with Gasteiger partial charge in [0, 0.05) is 63.8 Å². The molecule has 44 heavy (non-hydrogen) atoms. The summed E-state index contributed by atoms with van der Waals surface area (Å²) in [5.74, 6) is 1.14. The first-order chi connectivity index (χ1) is 21.3. The number of nitrogens with zero attached hydrogens (tertiary/aromatic N) is 5. The zero-order chi connectivity index (χ0) is 31.8. The molecular formula is C34H49N8PS. The molecule has 2 aromatic heterocycles. The van der Waals surface area contributed by atoms with Crippen LogP contribution in [0.2, 0.25) is 0 Å². The third kappa shape index (κ3) is 7.72. The lowest BCUT2D eigenvalue weighted by Crippen LogP contribution is -2.25. The van der Waals surface area contributed by atoms with Crippen LogP contribution in [0.5, 0.6) is 0 Å². The highest BCUT2D eigenvalue weighted by atomic mass is 32.1. The number of aliphatic imine (C=N–C) groups is 1. The van der Waals surface area contributed by atoms with E-state index < -0.39 is 0 Å². The van der Waals surface area contributed by atoms with Gasteiger partial charge < -0.3 is 16.0 Å². The normalized spacial score (nSPS) is 20.8. The molecule has 3 atom stereocenters. The number of likely N-dealkylation sites (tertiary alicyclic amines) is 1. The lowest BCUT2D eigenvalue weighted by Gasteiger charge is -2.26. The molecule has 0 spiro atoms. The molecule has 4 N–H and O–H groups in total. The maximum Gasteiger partial charge on any atom is 0.180 e. The van der Waals surface area contributed by atoms with Crippen LogP contribution in [0.4, 0.5) is 5.82 Å². The van der Waals surface area contributed by atoms with Gasteiger partial charge in [-0.05, 0) is 83.0 Å². The molecule has 4 heterocycles. The molecule has 236 valence electrons. The van der Waals surface area contributed by atoms with Crippen molar-refractivity contribution in [3.63, 3.8) is 0 Å². The minimum Gasteiger partial charge on any atom is -0.401 e. The highest BCUT2D eigenvalue weighted by Gasteiger charge is 2.30. The van der Waals surface area contributed by atoms with E-state index in [0.717, 1.165) is 84.2 Å². The van der Waals surface area contributed by atoms with Crippen LogP contribution in [0.3, 0.4) is 0 Å². The van der Waals surface area contributed by atoms with Crippen LogP contribution in [0, 0.1) is 16.7 Å². The molecule has 2 aromatic rings. The molecule has 0 saturated carbocycles. The number of hydrogen-bond donors (Lipinski definition) is 3. The van der Waals surface area contributed by atoms with Crippen LogP contribution in [0.1, 0.15) is 106 Å². The molecule has 0 bridgehead atoms. The van der Waals surface area contributed by atoms with Gasteiger partial charge in [0.1, 0.15) is 11.8 Å². The molecule has 1 fully saturated rings. The molecule has 0 radical (unpaired) electrons. The summed E-state index contributed by atoms with van der Waals surface area (Å²) in [6.45, 7) is 10.8. The van der Waals surface area contributed by atoms with Crippen LogP contribution in [-0.2, 0) is 12.8 Å². The van der Waals surface area contributed by atoms with Crippen molar-refractivity contribution in [3.8, 4) is 6.07 Å². The van der Waals surface area contributed by atoms with Crippen LogP contribution < -0.4 is 15.7 Å². The number of nitrogens with one attached hydrogen (secondary N) is 2. The zero-order valence-corrected chi connectivity index (χ0v) is 29.1. The van der Waals surface area contributed by atoms with Gasteiger partial charge in [-0.3, -0.25) is 5.41 Å². The van der Waals surface area contributed by atoms with Gasteiger partial charge in [0.05, 0.1) is 5.56 Å². The largest absolute Gasteiger partial charge is 0.401 e. The topological polar surface area (TPSA) is 127 Å². The van der Waals surface area contributed by atoms with E-state index in [1.165, 1.54) is 28.9 Å². The smallest absolute Gasteiger partial charge is 0.180 e. The fourth-order valence-electron chi connectivity index (χ4n) is 6.62. The Morgan fingerprint density at radius 1 is 1.30 bits per heavy atom. The van der Waals surface area contributed by atoms with Crippen molar-refractivity contribution in [2.24, 2.45) is 10.7 Å². The van der Waals surface area contributed by atoms with E-state index in [1.807, 2.05) is 19.9 Å². The van der Waals surface area contributed by atoms with Crippen molar-refractivity contribution in [2.45, 2.75) is 97.4 Å². The number of aryl methyl sites for hydroxylation is 2. The van der Waals surface area contributed by atoms with Crippen LogP contribution in [0.25, 0.3) is 0 Å². The second-order valence-corrected chi connectivity index (χ2v) is 13.9. The fraction of sp³-hybridized carbons (Fsp3) is 0.559. The minimum absolute atomic E-state index is 0.138. The second-order valence-electron chi connectivity index (χ2n) is 11.8. The number of allylic oxidation sites excluding steroid dienone is 2. The van der Waals surface area contributed by atoms with Crippen molar-refractivity contribution in [3.05, 3.63) is 56.0 Å². The standard InChI is InChI=1S/C32H43N8PS.C2H6/c1-4-7-24(19(2)23-9-5-10-27-29(23)25(15-33)32(41)42-27)30(35)31-38-21(11-12-22-8-6-13-40(22)3)14-28(39-31)37-17-20-16-36-18-26(20)34;1-2/h14,17,22-23,35-36H,4-13,16,18,34,41H2,1-3H3;1-2H3/b24-19+,35-30?,37-17?;/t22-,23+;/m0./s1. The van der Waals surface area contributed by atoms with E-state index in [0.29, 0.717) is 36.5 Å². The summed E-state index contributed by atoms with van der Waals surface area (Å²) < 4.78 is 1.02. The minimum atomic E-state index is 0.138. The highest BCUT2D eigenvalue weighted by Crippen LogP contribution is 2.43. The van der Waals surface area contributed by atoms with Gasteiger partial charge in [-0.15, -0.1) is 11.3 Å². The molecule has 2 aliphatic heterocycles. The van der Waals surface area contributed by atoms with E-state index in [1.54, 1.807) is 17.6 Å². The highest BCUT2D eigenvalue weighted by molar-refractivity contribution is 7.43. The van der Waals surface area contributed by atoms with Gasteiger partial charge >= 0.3 is 0 Å². The fourth-order valence-corrected chi connectivity index (χ4v) is 8.39. The third-order valence-corrected chi connectivity index (χ3v) is 10.7. The molecule has 1 aliphatic carbocycles. The Balaban J connectivity index is 0.00000216. The Labute approximate surface area is 270 Å². The SMILES string of the molecule is CC.CCC/C(C(=N)c1nc(CC[C@@H]2CCCN2C)cc(N=CC2=C(N)CNC2)n1)=C(/C)[C@H]1CCCc2sc(P)c(C#N)c21. The number of rotatable bonds is 10. The predicted octanol–water partition coefficient (Wildman–Crippen LogP) is 6.09. The number of nitriles is 1. The van der Waals surface area contributed by atoms with Gasteiger partial charge in [0.25, 0.3) is 0 Å². The first-order valence-electron chi connectivity index (χ1n) is 16.2. The second kappa shape index (κ2) is 16.0. The third-order valence-electron chi connectivity index (χ3n) is 9.00. The Morgan fingerprint density at radius 3 is 2.75 bits per heavy atom. The first-order valence-corrected chi connectivity index (χ1v) is 17.6. The summed E-state index contributed by atoms with van der Waals surface area (Å²) in [5, 5.41) is 22.7. The number of hydrogen-bond acceptors (Lipinski definition) is 9. The molecule has 5 rings (SSSR count). The maximum atomic E-state index is 9.98. The van der Waals surface area contributed by atoms with E-state index in [2.05, 4.69) is 46.4 Å². The summed E-state index contributed by atoms with van der Waals surface area (Å²) in [4.78, 5) is 18.2. The zero-order valence-electron chi connectivity index (χ0n) is 27.1. The molecular weight excluding hydrogens is 583 g/mol. The van der Waals surface area contributed by atoms with E-state index >= 15 is 0 Å². The molecule has 1 saturated heterocycles. The van der Waals surface area contributed by atoms with E-state index in [4.69, 9.17) is 20.7 Å². The summed E-state index contributed by atoms with van der Waals surface area (Å²) in [6.07, 6.45) is 10.9.